The maximum atomic E-state index is 13.1. The Labute approximate surface area is 179 Å². The zero-order chi connectivity index (χ0) is 21.7. The molecule has 1 aromatic heterocycles. The molecule has 0 saturated carbocycles. The molecule has 3 rings (SSSR count). The molecule has 0 radical (unpaired) electrons. The Morgan fingerprint density at radius 3 is 2.47 bits per heavy atom. The van der Waals surface area contributed by atoms with Crippen LogP contribution in [0.5, 0.6) is 0 Å². The summed E-state index contributed by atoms with van der Waals surface area (Å²) in [7, 11) is 0. The first-order valence-corrected chi connectivity index (χ1v) is 10.8. The van der Waals surface area contributed by atoms with Crippen molar-refractivity contribution in [1.29, 1.82) is 0 Å². The molecule has 1 aliphatic heterocycles. The van der Waals surface area contributed by atoms with E-state index in [4.69, 9.17) is 9.97 Å². The van der Waals surface area contributed by atoms with Crippen LogP contribution in [0.1, 0.15) is 66.9 Å². The number of nitrogens with zero attached hydrogens (tertiary/aromatic N) is 3. The zero-order valence-electron chi connectivity index (χ0n) is 18.4. The van der Waals surface area contributed by atoms with Crippen molar-refractivity contribution < 1.29 is 9.59 Å². The summed E-state index contributed by atoms with van der Waals surface area (Å²) in [6, 6.07) is 9.93. The standard InChI is InChI=1S/C24H32N4O2/c1-5-25-22(29)14-21-17(3)26-23(27-18(21)4)20-12-9-13-28(15-20)24(30)16(2)19-10-7-6-8-11-19/h6-8,10-11,16,20H,5,9,12-15H2,1-4H3,(H,25,29)/t16-,20-/m1/s1. The zero-order valence-corrected chi connectivity index (χ0v) is 18.4. The Morgan fingerprint density at radius 2 is 1.83 bits per heavy atom. The lowest BCUT2D eigenvalue weighted by Crippen LogP contribution is -2.41. The number of aromatic nitrogens is 2. The van der Waals surface area contributed by atoms with Gasteiger partial charge in [-0.05, 0) is 46.1 Å². The van der Waals surface area contributed by atoms with E-state index in [0.717, 1.165) is 47.7 Å². The number of nitrogens with one attached hydrogen (secondary N) is 1. The lowest BCUT2D eigenvalue weighted by Gasteiger charge is -2.34. The Morgan fingerprint density at radius 1 is 1.17 bits per heavy atom. The number of hydrogen-bond donors (Lipinski definition) is 1. The fourth-order valence-corrected chi connectivity index (χ4v) is 4.17. The van der Waals surface area contributed by atoms with Gasteiger partial charge in [-0.3, -0.25) is 9.59 Å². The quantitative estimate of drug-likeness (QED) is 0.796. The molecular weight excluding hydrogens is 376 g/mol. The van der Waals surface area contributed by atoms with Gasteiger partial charge >= 0.3 is 0 Å². The van der Waals surface area contributed by atoms with Gasteiger partial charge in [0.1, 0.15) is 5.82 Å². The second-order valence-electron chi connectivity index (χ2n) is 8.12. The van der Waals surface area contributed by atoms with Crippen LogP contribution in [0, 0.1) is 13.8 Å². The van der Waals surface area contributed by atoms with Crippen LogP contribution >= 0.6 is 0 Å². The SMILES string of the molecule is CCNC(=O)Cc1c(C)nc([C@@H]2CCCN(C(=O)[C@H](C)c3ccccc3)C2)nc1C. The van der Waals surface area contributed by atoms with Gasteiger partial charge in [0, 0.05) is 42.5 Å². The first-order valence-electron chi connectivity index (χ1n) is 10.8. The molecule has 0 bridgehead atoms. The molecule has 6 nitrogen and oxygen atoms in total. The molecule has 2 heterocycles. The number of rotatable bonds is 6. The van der Waals surface area contributed by atoms with Crippen LogP contribution in [0.4, 0.5) is 0 Å². The molecule has 1 aromatic carbocycles. The van der Waals surface area contributed by atoms with Gasteiger partial charge in [0.25, 0.3) is 0 Å². The maximum absolute atomic E-state index is 13.1. The normalized spacial score (nSPS) is 17.5. The minimum Gasteiger partial charge on any atom is -0.356 e. The van der Waals surface area contributed by atoms with E-state index in [0.29, 0.717) is 19.5 Å². The van der Waals surface area contributed by atoms with Gasteiger partial charge in [-0.25, -0.2) is 9.97 Å². The summed E-state index contributed by atoms with van der Waals surface area (Å²) in [5, 5.41) is 2.83. The summed E-state index contributed by atoms with van der Waals surface area (Å²) in [6.45, 7) is 9.80. The Balaban J connectivity index is 1.73. The van der Waals surface area contributed by atoms with E-state index >= 15 is 0 Å². The number of aryl methyl sites for hydroxylation is 2. The van der Waals surface area contributed by atoms with Crippen molar-refractivity contribution >= 4 is 11.8 Å². The largest absolute Gasteiger partial charge is 0.356 e. The molecule has 2 atom stereocenters. The van der Waals surface area contributed by atoms with E-state index in [-0.39, 0.29) is 23.7 Å². The Hall–Kier alpha value is -2.76. The van der Waals surface area contributed by atoms with Crippen molar-refractivity contribution in [2.45, 2.75) is 58.8 Å². The van der Waals surface area contributed by atoms with Crippen molar-refractivity contribution in [3.8, 4) is 0 Å². The molecule has 30 heavy (non-hydrogen) atoms. The summed E-state index contributed by atoms with van der Waals surface area (Å²) < 4.78 is 0. The van der Waals surface area contributed by atoms with E-state index in [9.17, 15) is 9.59 Å². The summed E-state index contributed by atoms with van der Waals surface area (Å²) in [5.41, 5.74) is 3.64. The number of likely N-dealkylation sites (tertiary alicyclic amines) is 1. The van der Waals surface area contributed by atoms with Crippen molar-refractivity contribution in [3.63, 3.8) is 0 Å². The third-order valence-electron chi connectivity index (χ3n) is 5.92. The second-order valence-corrected chi connectivity index (χ2v) is 8.12. The summed E-state index contributed by atoms with van der Waals surface area (Å²) in [4.78, 5) is 36.5. The highest BCUT2D eigenvalue weighted by Crippen LogP contribution is 2.28. The molecule has 1 fully saturated rings. The van der Waals surface area contributed by atoms with Crippen LogP contribution in [0.25, 0.3) is 0 Å². The summed E-state index contributed by atoms with van der Waals surface area (Å²) >= 11 is 0. The summed E-state index contributed by atoms with van der Waals surface area (Å²) in [5.74, 6) is 0.904. The van der Waals surface area contributed by atoms with Crippen LogP contribution < -0.4 is 5.32 Å². The van der Waals surface area contributed by atoms with Crippen LogP contribution in [-0.4, -0.2) is 46.3 Å². The van der Waals surface area contributed by atoms with Crippen molar-refractivity contribution in [2.75, 3.05) is 19.6 Å². The molecule has 1 aliphatic rings. The number of benzene rings is 1. The Kier molecular flexibility index (Phi) is 7.19. The molecule has 2 amide bonds. The van der Waals surface area contributed by atoms with Crippen LogP contribution in [0.3, 0.4) is 0 Å². The van der Waals surface area contributed by atoms with Crippen LogP contribution in [0.2, 0.25) is 0 Å². The molecule has 0 unspecified atom stereocenters. The lowest BCUT2D eigenvalue weighted by atomic mass is 9.93. The van der Waals surface area contributed by atoms with Crippen LogP contribution in [0.15, 0.2) is 30.3 Å². The van der Waals surface area contributed by atoms with Gasteiger partial charge < -0.3 is 10.2 Å². The third kappa shape index (κ3) is 5.04. The molecule has 160 valence electrons. The molecule has 1 saturated heterocycles. The van der Waals surface area contributed by atoms with Gasteiger partial charge in [-0.2, -0.15) is 0 Å². The smallest absolute Gasteiger partial charge is 0.229 e. The van der Waals surface area contributed by atoms with Gasteiger partial charge in [0.15, 0.2) is 0 Å². The topological polar surface area (TPSA) is 75.2 Å². The van der Waals surface area contributed by atoms with Gasteiger partial charge in [-0.15, -0.1) is 0 Å². The number of hydrogen-bond acceptors (Lipinski definition) is 4. The minimum atomic E-state index is -0.159. The number of carbonyl (C=O) groups excluding carboxylic acids is 2. The predicted octanol–water partition coefficient (Wildman–Crippen LogP) is 3.28. The maximum Gasteiger partial charge on any atom is 0.229 e. The minimum absolute atomic E-state index is 0.00983. The van der Waals surface area contributed by atoms with Crippen molar-refractivity contribution in [2.24, 2.45) is 0 Å². The third-order valence-corrected chi connectivity index (χ3v) is 5.92. The Bertz CT molecular complexity index is 874. The predicted molar refractivity (Wildman–Crippen MR) is 117 cm³/mol. The fraction of sp³-hybridized carbons (Fsp3) is 0.500. The fourth-order valence-electron chi connectivity index (χ4n) is 4.17. The monoisotopic (exact) mass is 408 g/mol. The number of amides is 2. The van der Waals surface area contributed by atoms with Gasteiger partial charge in [0.05, 0.1) is 12.3 Å². The molecule has 1 N–H and O–H groups in total. The van der Waals surface area contributed by atoms with E-state index in [1.54, 1.807) is 0 Å². The molecule has 0 spiro atoms. The lowest BCUT2D eigenvalue weighted by molar-refractivity contribution is -0.133. The van der Waals surface area contributed by atoms with E-state index < -0.39 is 0 Å². The van der Waals surface area contributed by atoms with Crippen molar-refractivity contribution in [3.05, 3.63) is 58.7 Å². The number of piperidine rings is 1. The highest BCUT2D eigenvalue weighted by atomic mass is 16.2. The van der Waals surface area contributed by atoms with Crippen molar-refractivity contribution in [1.82, 2.24) is 20.2 Å². The first kappa shape index (κ1) is 21.9. The van der Waals surface area contributed by atoms with Gasteiger partial charge in [0.2, 0.25) is 11.8 Å². The molecule has 6 heteroatoms. The van der Waals surface area contributed by atoms with Crippen LogP contribution in [-0.2, 0) is 16.0 Å². The van der Waals surface area contributed by atoms with E-state index in [1.807, 2.05) is 62.9 Å². The summed E-state index contributed by atoms with van der Waals surface area (Å²) in [6.07, 6.45) is 2.22. The average Bonchev–Trinajstić information content (AvgIpc) is 2.76. The highest BCUT2D eigenvalue weighted by molar-refractivity contribution is 5.83. The number of carbonyl (C=O) groups is 2. The average molecular weight is 409 g/mol. The second kappa shape index (κ2) is 9.83. The first-order chi connectivity index (χ1) is 14.4. The van der Waals surface area contributed by atoms with E-state index in [1.165, 1.54) is 0 Å². The van der Waals surface area contributed by atoms with Gasteiger partial charge in [-0.1, -0.05) is 30.3 Å². The highest BCUT2D eigenvalue weighted by Gasteiger charge is 2.30. The molecule has 0 aliphatic carbocycles. The molecular formula is C24H32N4O2. The van der Waals surface area contributed by atoms with E-state index in [2.05, 4.69) is 5.32 Å². The number of likely N-dealkylation sites (N-methyl/N-ethyl adjacent to an activating group) is 1. The molecule has 2 aromatic rings.